The van der Waals surface area contributed by atoms with Gasteiger partial charge in [-0.1, -0.05) is 13.0 Å². The van der Waals surface area contributed by atoms with Crippen LogP contribution in [0.4, 0.5) is 0 Å². The van der Waals surface area contributed by atoms with Crippen LogP contribution in [0.2, 0.25) is 0 Å². The lowest BCUT2D eigenvalue weighted by Gasteiger charge is -2.66. The van der Waals surface area contributed by atoms with Crippen molar-refractivity contribution >= 4 is 0 Å². The van der Waals surface area contributed by atoms with Crippen LogP contribution >= 0.6 is 0 Å². The lowest BCUT2D eigenvalue weighted by molar-refractivity contribution is -0.142. The van der Waals surface area contributed by atoms with E-state index in [1.165, 1.54) is 25.7 Å². The van der Waals surface area contributed by atoms with E-state index in [4.69, 9.17) is 0 Å². The molecule has 4 rings (SSSR count). The number of allylic oxidation sites excluding steroid dienone is 1. The average molecular weight is 163 g/mol. The summed E-state index contributed by atoms with van der Waals surface area (Å²) in [4.78, 5) is 0. The van der Waals surface area contributed by atoms with Crippen LogP contribution in [0.15, 0.2) is 12.3 Å². The molecule has 0 unspecified atom stereocenters. The Balaban J connectivity index is 1.78. The van der Waals surface area contributed by atoms with Crippen molar-refractivity contribution in [2.75, 3.05) is 0 Å². The Kier molecular flexibility index (Phi) is 1.20. The third kappa shape index (κ3) is 0.699. The summed E-state index contributed by atoms with van der Waals surface area (Å²) < 4.78 is 0. The second-order valence-electron chi connectivity index (χ2n) is 5.10. The van der Waals surface area contributed by atoms with Gasteiger partial charge in [0.05, 0.1) is 0 Å². The lowest BCUT2D eigenvalue weighted by Crippen LogP contribution is -2.64. The van der Waals surface area contributed by atoms with Gasteiger partial charge in [-0.25, -0.2) is 0 Å². The van der Waals surface area contributed by atoms with E-state index in [1.54, 1.807) is 0 Å². The maximum atomic E-state index is 3.57. The quantitative estimate of drug-likeness (QED) is 0.625. The van der Waals surface area contributed by atoms with Crippen LogP contribution in [-0.4, -0.2) is 6.04 Å². The van der Waals surface area contributed by atoms with Gasteiger partial charge in [0.15, 0.2) is 0 Å². The molecule has 12 heavy (non-hydrogen) atoms. The minimum absolute atomic E-state index is 0.745. The fourth-order valence-electron chi connectivity index (χ4n) is 3.46. The van der Waals surface area contributed by atoms with Gasteiger partial charge in [-0.3, -0.25) is 0 Å². The Morgan fingerprint density at radius 2 is 2.08 bits per heavy atom. The van der Waals surface area contributed by atoms with E-state index in [0.717, 1.165) is 23.3 Å². The number of hydrogen-bond donors (Lipinski definition) is 1. The molecule has 1 aliphatic heterocycles. The third-order valence-electron chi connectivity index (χ3n) is 4.22. The highest BCUT2D eigenvalue weighted by Gasteiger charge is 2.61. The summed E-state index contributed by atoms with van der Waals surface area (Å²) in [5.74, 6) is 1.97. The maximum Gasteiger partial charge on any atom is 0.0340 e. The van der Waals surface area contributed by atoms with Crippen LogP contribution in [0, 0.1) is 17.3 Å². The van der Waals surface area contributed by atoms with E-state index in [9.17, 15) is 0 Å². The van der Waals surface area contributed by atoms with Crippen molar-refractivity contribution in [3.8, 4) is 0 Å². The minimum Gasteiger partial charge on any atom is -0.388 e. The summed E-state index contributed by atoms with van der Waals surface area (Å²) in [6.07, 6.45) is 10.3. The molecule has 2 atom stereocenters. The maximum absolute atomic E-state index is 3.57. The predicted molar refractivity (Wildman–Crippen MR) is 49.6 cm³/mol. The van der Waals surface area contributed by atoms with Crippen LogP contribution in [0.3, 0.4) is 0 Å². The van der Waals surface area contributed by atoms with Crippen molar-refractivity contribution in [3.63, 3.8) is 0 Å². The van der Waals surface area contributed by atoms with Crippen LogP contribution in [0.25, 0.3) is 0 Å². The molecule has 1 heterocycles. The van der Waals surface area contributed by atoms with Gasteiger partial charge < -0.3 is 5.32 Å². The van der Waals surface area contributed by atoms with E-state index < -0.39 is 0 Å². The molecule has 66 valence electrons. The molecule has 2 bridgehead atoms. The van der Waals surface area contributed by atoms with E-state index >= 15 is 0 Å². The minimum atomic E-state index is 0.745. The van der Waals surface area contributed by atoms with Gasteiger partial charge in [0.2, 0.25) is 0 Å². The zero-order chi connectivity index (χ0) is 8.18. The second kappa shape index (κ2) is 2.07. The van der Waals surface area contributed by atoms with Gasteiger partial charge in [-0.15, -0.1) is 0 Å². The summed E-state index contributed by atoms with van der Waals surface area (Å²) in [5.41, 5.74) is 0.745. The molecule has 0 amide bonds. The molecule has 1 heteroatoms. The Hall–Kier alpha value is -0.460. The number of hydrogen-bond acceptors (Lipinski definition) is 1. The van der Waals surface area contributed by atoms with Crippen molar-refractivity contribution in [1.29, 1.82) is 0 Å². The van der Waals surface area contributed by atoms with Crippen LogP contribution < -0.4 is 5.32 Å². The predicted octanol–water partition coefficient (Wildman–Crippen LogP) is 2.30. The monoisotopic (exact) mass is 163 g/mol. The summed E-state index contributed by atoms with van der Waals surface area (Å²) in [5, 5.41) is 3.57. The first-order chi connectivity index (χ1) is 5.80. The van der Waals surface area contributed by atoms with E-state index in [2.05, 4.69) is 24.5 Å². The first-order valence-corrected chi connectivity index (χ1v) is 5.21. The van der Waals surface area contributed by atoms with Gasteiger partial charge in [0, 0.05) is 6.04 Å². The van der Waals surface area contributed by atoms with E-state index in [1.807, 2.05) is 0 Å². The highest BCUT2D eigenvalue weighted by atomic mass is 15.0. The summed E-state index contributed by atoms with van der Waals surface area (Å²) >= 11 is 0. The molecule has 0 aromatic carbocycles. The molecule has 3 aliphatic carbocycles. The summed E-state index contributed by atoms with van der Waals surface area (Å²) in [7, 11) is 0. The normalized spacial score (nSPS) is 55.2. The van der Waals surface area contributed by atoms with Crippen LogP contribution in [0.5, 0.6) is 0 Å². The molecule has 4 aliphatic rings. The van der Waals surface area contributed by atoms with Crippen molar-refractivity contribution in [1.82, 2.24) is 5.32 Å². The van der Waals surface area contributed by atoms with Crippen molar-refractivity contribution in [2.45, 2.75) is 38.6 Å². The topological polar surface area (TPSA) is 12.0 Å². The molecule has 0 radical (unpaired) electrons. The molecule has 3 fully saturated rings. The van der Waals surface area contributed by atoms with Gasteiger partial charge in [0.1, 0.15) is 0 Å². The summed E-state index contributed by atoms with van der Waals surface area (Å²) in [6.45, 7) is 2.39. The highest BCUT2D eigenvalue weighted by molar-refractivity contribution is 5.15. The molecular formula is C11H17N. The first kappa shape index (κ1) is 6.99. The van der Waals surface area contributed by atoms with E-state index in [-0.39, 0.29) is 0 Å². The average Bonchev–Trinajstić information content (AvgIpc) is 1.87. The standard InChI is InChI=1S/C11H17N/c1-8-3-2-4-12-10(8)11-5-9(6-11)7-11/h2,4,8-10,12H,3,5-7H2,1H3/t8-,9?,10-,11?/m0/s1. The Bertz CT molecular complexity index is 214. The van der Waals surface area contributed by atoms with Crippen LogP contribution in [-0.2, 0) is 0 Å². The zero-order valence-corrected chi connectivity index (χ0v) is 7.72. The molecule has 0 spiro atoms. The smallest absolute Gasteiger partial charge is 0.0340 e. The first-order valence-electron chi connectivity index (χ1n) is 5.21. The Morgan fingerprint density at radius 3 is 2.58 bits per heavy atom. The SMILES string of the molecule is C[C@H]1CC=CN[C@@H]1C12CC(C1)C2. The number of rotatable bonds is 1. The third-order valence-corrected chi connectivity index (χ3v) is 4.22. The largest absolute Gasteiger partial charge is 0.388 e. The molecule has 1 nitrogen and oxygen atoms in total. The molecule has 0 aromatic rings. The van der Waals surface area contributed by atoms with Crippen LogP contribution in [0.1, 0.15) is 32.6 Å². The Labute approximate surface area is 74.2 Å². The van der Waals surface area contributed by atoms with Crippen molar-refractivity contribution in [2.24, 2.45) is 17.3 Å². The van der Waals surface area contributed by atoms with Gasteiger partial charge in [-0.05, 0) is 49.1 Å². The highest BCUT2D eigenvalue weighted by Crippen LogP contribution is 2.67. The van der Waals surface area contributed by atoms with Crippen molar-refractivity contribution < 1.29 is 0 Å². The van der Waals surface area contributed by atoms with E-state index in [0.29, 0.717) is 0 Å². The molecular weight excluding hydrogens is 146 g/mol. The zero-order valence-electron chi connectivity index (χ0n) is 7.72. The molecule has 0 saturated heterocycles. The molecule has 3 saturated carbocycles. The fourth-order valence-corrected chi connectivity index (χ4v) is 3.46. The fraction of sp³-hybridized carbons (Fsp3) is 0.818. The lowest BCUT2D eigenvalue weighted by atomic mass is 9.40. The van der Waals surface area contributed by atoms with Gasteiger partial charge in [0.25, 0.3) is 0 Å². The Morgan fingerprint density at radius 1 is 1.33 bits per heavy atom. The van der Waals surface area contributed by atoms with Crippen molar-refractivity contribution in [3.05, 3.63) is 12.3 Å². The van der Waals surface area contributed by atoms with Gasteiger partial charge >= 0.3 is 0 Å². The number of nitrogens with one attached hydrogen (secondary N) is 1. The molecule has 0 aromatic heterocycles. The summed E-state index contributed by atoms with van der Waals surface area (Å²) in [6, 6.07) is 0.799. The van der Waals surface area contributed by atoms with Gasteiger partial charge in [-0.2, -0.15) is 0 Å². The molecule has 1 N–H and O–H groups in total. The second-order valence-corrected chi connectivity index (χ2v) is 5.10.